The molecule has 6 nitrogen and oxygen atoms in total. The van der Waals surface area contributed by atoms with Crippen molar-refractivity contribution in [3.8, 4) is 0 Å². The van der Waals surface area contributed by atoms with Gasteiger partial charge in [0.05, 0.1) is 6.61 Å². The van der Waals surface area contributed by atoms with E-state index < -0.39 is 18.0 Å². The van der Waals surface area contributed by atoms with Gasteiger partial charge in [0.1, 0.15) is 5.58 Å². The van der Waals surface area contributed by atoms with Crippen LogP contribution in [0.15, 0.2) is 52.9 Å². The van der Waals surface area contributed by atoms with Gasteiger partial charge in [-0.2, -0.15) is 0 Å². The van der Waals surface area contributed by atoms with Crippen molar-refractivity contribution in [1.82, 2.24) is 0 Å². The molecule has 0 aliphatic heterocycles. The van der Waals surface area contributed by atoms with Crippen molar-refractivity contribution < 1.29 is 23.5 Å². The van der Waals surface area contributed by atoms with Crippen molar-refractivity contribution in [2.75, 3.05) is 11.9 Å². The summed E-state index contributed by atoms with van der Waals surface area (Å²) >= 11 is 0. The van der Waals surface area contributed by atoms with E-state index in [0.717, 1.165) is 23.1 Å². The first-order chi connectivity index (χ1) is 15.0. The van der Waals surface area contributed by atoms with E-state index in [1.165, 1.54) is 0 Å². The third-order valence-corrected chi connectivity index (χ3v) is 5.35. The summed E-state index contributed by atoms with van der Waals surface area (Å²) in [4.78, 5) is 25.6. The summed E-state index contributed by atoms with van der Waals surface area (Å²) in [6.07, 6.45) is -0.0443. The average molecular weight is 424 g/mol. The van der Waals surface area contributed by atoms with E-state index in [9.17, 15) is 9.59 Å². The molecule has 1 amide bonds. The molecule has 2 atom stereocenters. The van der Waals surface area contributed by atoms with E-state index in [1.54, 1.807) is 13.0 Å². The van der Waals surface area contributed by atoms with Crippen molar-refractivity contribution in [1.29, 1.82) is 0 Å². The number of fused-ring (bicyclic) bond motifs is 1. The van der Waals surface area contributed by atoms with Crippen molar-refractivity contribution in [2.45, 2.75) is 52.7 Å². The number of anilines is 1. The number of ether oxygens (including phenoxy) is 2. The Balaban J connectivity index is 1.76. The predicted molar refractivity (Wildman–Crippen MR) is 120 cm³/mol. The highest BCUT2D eigenvalue weighted by Crippen LogP contribution is 2.28. The lowest BCUT2D eigenvalue weighted by Gasteiger charge is -2.18. The molecular formula is C25H29NO5. The maximum atomic E-state index is 12.8. The number of hydrogen-bond acceptors (Lipinski definition) is 5. The third-order valence-electron chi connectivity index (χ3n) is 5.35. The zero-order valence-electron chi connectivity index (χ0n) is 18.4. The second-order valence-corrected chi connectivity index (χ2v) is 7.48. The molecule has 1 aromatic heterocycles. The van der Waals surface area contributed by atoms with E-state index >= 15 is 0 Å². The molecule has 2 aromatic carbocycles. The van der Waals surface area contributed by atoms with Gasteiger partial charge in [-0.1, -0.05) is 50.2 Å². The highest BCUT2D eigenvalue weighted by molar-refractivity contribution is 5.99. The van der Waals surface area contributed by atoms with E-state index in [2.05, 4.69) is 19.2 Å². The van der Waals surface area contributed by atoms with E-state index in [0.29, 0.717) is 23.7 Å². The quantitative estimate of drug-likeness (QED) is 0.449. The van der Waals surface area contributed by atoms with Gasteiger partial charge in [-0.25, -0.2) is 4.79 Å². The normalized spacial score (nSPS) is 13.0. The first-order valence-electron chi connectivity index (χ1n) is 10.6. The van der Waals surface area contributed by atoms with Gasteiger partial charge < -0.3 is 19.2 Å². The molecule has 0 radical (unpaired) electrons. The van der Waals surface area contributed by atoms with Crippen molar-refractivity contribution in [3.05, 3.63) is 65.4 Å². The van der Waals surface area contributed by atoms with Crippen LogP contribution >= 0.6 is 0 Å². The van der Waals surface area contributed by atoms with Gasteiger partial charge in [0.2, 0.25) is 5.76 Å². The van der Waals surface area contributed by atoms with Crippen molar-refractivity contribution in [2.24, 2.45) is 0 Å². The largest absolute Gasteiger partial charge is 0.449 e. The summed E-state index contributed by atoms with van der Waals surface area (Å²) in [5.41, 5.74) is 2.97. The molecule has 0 spiro atoms. The summed E-state index contributed by atoms with van der Waals surface area (Å²) in [5, 5.41) is 3.68. The van der Waals surface area contributed by atoms with Crippen LogP contribution in [0.1, 0.15) is 61.7 Å². The topological polar surface area (TPSA) is 77.8 Å². The van der Waals surface area contributed by atoms with E-state index in [1.807, 2.05) is 49.4 Å². The standard InChI is InChI=1S/C25H29NO5/c1-5-16(3)18-11-7-9-13-21(18)26-24(27)17(4)30-25(28)23-20(15-29-6-2)19-12-8-10-14-22(19)31-23/h7-14,16-17H,5-6,15H2,1-4H3,(H,26,27)/t16-,17+/m1/s1. The first kappa shape index (κ1) is 22.6. The predicted octanol–water partition coefficient (Wildman–Crippen LogP) is 5.67. The van der Waals surface area contributed by atoms with Gasteiger partial charge >= 0.3 is 5.97 Å². The molecule has 3 rings (SSSR count). The van der Waals surface area contributed by atoms with E-state index in [4.69, 9.17) is 13.9 Å². The van der Waals surface area contributed by atoms with Crippen LogP contribution in [0.2, 0.25) is 0 Å². The zero-order chi connectivity index (χ0) is 22.4. The molecule has 1 heterocycles. The van der Waals surface area contributed by atoms with Gasteiger partial charge in [-0.3, -0.25) is 4.79 Å². The number of amides is 1. The number of para-hydroxylation sites is 2. The van der Waals surface area contributed by atoms with Crippen LogP contribution < -0.4 is 5.32 Å². The minimum absolute atomic E-state index is 0.0642. The monoisotopic (exact) mass is 423 g/mol. The first-order valence-corrected chi connectivity index (χ1v) is 10.6. The Morgan fingerprint density at radius 1 is 1.03 bits per heavy atom. The molecule has 0 fully saturated rings. The second-order valence-electron chi connectivity index (χ2n) is 7.48. The Bertz CT molecular complexity index is 1060. The fraction of sp³-hybridized carbons (Fsp3) is 0.360. The van der Waals surface area contributed by atoms with Gasteiger partial charge in [0.25, 0.3) is 5.91 Å². The fourth-order valence-corrected chi connectivity index (χ4v) is 3.37. The summed E-state index contributed by atoms with van der Waals surface area (Å²) in [7, 11) is 0. The zero-order valence-corrected chi connectivity index (χ0v) is 18.4. The third kappa shape index (κ3) is 5.14. The Labute approximate surface area is 182 Å². The van der Waals surface area contributed by atoms with Gasteiger partial charge in [0.15, 0.2) is 6.10 Å². The number of rotatable bonds is 9. The molecule has 0 saturated carbocycles. The lowest BCUT2D eigenvalue weighted by atomic mass is 9.97. The SMILES string of the molecule is CCOCc1c(C(=O)O[C@@H](C)C(=O)Nc2ccccc2[C@H](C)CC)oc2ccccc12. The molecule has 31 heavy (non-hydrogen) atoms. The molecule has 0 aliphatic carbocycles. The highest BCUT2D eigenvalue weighted by atomic mass is 16.6. The molecule has 0 unspecified atom stereocenters. The van der Waals surface area contributed by atoms with Gasteiger partial charge in [-0.05, 0) is 43.9 Å². The maximum absolute atomic E-state index is 12.8. The van der Waals surface area contributed by atoms with E-state index in [-0.39, 0.29) is 12.4 Å². The Kier molecular flexibility index (Phi) is 7.47. The lowest BCUT2D eigenvalue weighted by molar-refractivity contribution is -0.123. The molecular weight excluding hydrogens is 394 g/mol. The van der Waals surface area contributed by atoms with Crippen molar-refractivity contribution in [3.63, 3.8) is 0 Å². The van der Waals surface area contributed by atoms with Crippen LogP contribution in [0, 0.1) is 0 Å². The number of carbonyl (C=O) groups is 2. The van der Waals surface area contributed by atoms with Crippen molar-refractivity contribution >= 4 is 28.5 Å². The van der Waals surface area contributed by atoms with Crippen LogP contribution in [-0.4, -0.2) is 24.6 Å². The lowest BCUT2D eigenvalue weighted by Crippen LogP contribution is -2.30. The second kappa shape index (κ2) is 10.3. The van der Waals surface area contributed by atoms with Gasteiger partial charge in [-0.15, -0.1) is 0 Å². The Morgan fingerprint density at radius 3 is 2.48 bits per heavy atom. The molecule has 0 saturated heterocycles. The fourth-order valence-electron chi connectivity index (χ4n) is 3.37. The molecule has 1 N–H and O–H groups in total. The minimum Gasteiger partial charge on any atom is -0.449 e. The minimum atomic E-state index is -0.995. The van der Waals surface area contributed by atoms with Crippen LogP contribution in [-0.2, 0) is 20.9 Å². The summed E-state index contributed by atoms with van der Waals surface area (Å²) < 4.78 is 16.7. The summed E-state index contributed by atoms with van der Waals surface area (Å²) in [6.45, 7) is 8.36. The smallest absolute Gasteiger partial charge is 0.375 e. The maximum Gasteiger partial charge on any atom is 0.375 e. The number of nitrogens with one attached hydrogen (secondary N) is 1. The number of benzene rings is 2. The van der Waals surface area contributed by atoms with Crippen LogP contribution in [0.3, 0.4) is 0 Å². The summed E-state index contributed by atoms with van der Waals surface area (Å²) in [5.74, 6) is -0.726. The molecule has 0 bridgehead atoms. The Morgan fingerprint density at radius 2 is 1.74 bits per heavy atom. The summed E-state index contributed by atoms with van der Waals surface area (Å²) in [6, 6.07) is 15.0. The van der Waals surface area contributed by atoms with Crippen LogP contribution in [0.5, 0.6) is 0 Å². The number of esters is 1. The molecule has 164 valence electrons. The number of hydrogen-bond donors (Lipinski definition) is 1. The highest BCUT2D eigenvalue weighted by Gasteiger charge is 2.26. The molecule has 6 heteroatoms. The van der Waals surface area contributed by atoms with Gasteiger partial charge in [0, 0.05) is 23.2 Å². The molecule has 3 aromatic rings. The number of furan rings is 1. The van der Waals surface area contributed by atoms with Crippen LogP contribution in [0.25, 0.3) is 11.0 Å². The average Bonchev–Trinajstić information content (AvgIpc) is 3.16. The van der Waals surface area contributed by atoms with Crippen LogP contribution in [0.4, 0.5) is 5.69 Å². The number of carbonyl (C=O) groups excluding carboxylic acids is 2. The Hall–Kier alpha value is -3.12. The molecule has 0 aliphatic rings.